The zero-order valence-corrected chi connectivity index (χ0v) is 15.6. The van der Waals surface area contributed by atoms with E-state index in [0.29, 0.717) is 11.3 Å². The standard InChI is InChI=1S/C20H27NO4/c1-13(2)24-17-8-6-7-16(10-17)11-19(22)21-12-20(5,23)18-9-14(3)25-15(18)4/h6-10,13,23H,11-12H2,1-5H3,(H,21,22). The lowest BCUT2D eigenvalue weighted by molar-refractivity contribution is -0.121. The Bertz CT molecular complexity index is 731. The third-order valence-electron chi connectivity index (χ3n) is 3.89. The maximum atomic E-state index is 12.2. The van der Waals surface area contributed by atoms with E-state index in [1.54, 1.807) is 19.9 Å². The first-order chi connectivity index (χ1) is 11.7. The highest BCUT2D eigenvalue weighted by Gasteiger charge is 2.28. The van der Waals surface area contributed by atoms with Crippen LogP contribution in [-0.4, -0.2) is 23.7 Å². The van der Waals surface area contributed by atoms with Crippen LogP contribution in [0.4, 0.5) is 0 Å². The maximum Gasteiger partial charge on any atom is 0.224 e. The van der Waals surface area contributed by atoms with Gasteiger partial charge in [-0.2, -0.15) is 0 Å². The molecule has 1 unspecified atom stereocenters. The predicted molar refractivity (Wildman–Crippen MR) is 96.7 cm³/mol. The van der Waals surface area contributed by atoms with Crippen LogP contribution in [0.2, 0.25) is 0 Å². The van der Waals surface area contributed by atoms with Crippen LogP contribution in [0.3, 0.4) is 0 Å². The second-order valence-electron chi connectivity index (χ2n) is 6.87. The quantitative estimate of drug-likeness (QED) is 0.808. The third kappa shape index (κ3) is 5.36. The lowest BCUT2D eigenvalue weighted by Gasteiger charge is -2.23. The molecule has 1 aromatic carbocycles. The Labute approximate surface area is 149 Å². The Morgan fingerprint density at radius 2 is 2.04 bits per heavy atom. The van der Waals surface area contributed by atoms with Crippen LogP contribution in [-0.2, 0) is 16.8 Å². The Morgan fingerprint density at radius 1 is 1.32 bits per heavy atom. The fourth-order valence-corrected chi connectivity index (χ4v) is 2.78. The van der Waals surface area contributed by atoms with Crippen molar-refractivity contribution >= 4 is 5.91 Å². The average molecular weight is 345 g/mol. The SMILES string of the molecule is Cc1cc(C(C)(O)CNC(=O)Cc2cccc(OC(C)C)c2)c(C)o1. The molecule has 0 aliphatic heterocycles. The molecule has 0 aliphatic rings. The monoisotopic (exact) mass is 345 g/mol. The van der Waals surface area contributed by atoms with Gasteiger partial charge >= 0.3 is 0 Å². The molecular weight excluding hydrogens is 318 g/mol. The first-order valence-electron chi connectivity index (χ1n) is 8.49. The summed E-state index contributed by atoms with van der Waals surface area (Å²) in [6, 6.07) is 9.29. The van der Waals surface area contributed by atoms with Crippen molar-refractivity contribution < 1.29 is 19.1 Å². The molecule has 0 saturated heterocycles. The molecule has 0 spiro atoms. The van der Waals surface area contributed by atoms with E-state index in [2.05, 4.69) is 5.32 Å². The van der Waals surface area contributed by atoms with Crippen LogP contribution in [0.15, 0.2) is 34.7 Å². The highest BCUT2D eigenvalue weighted by molar-refractivity contribution is 5.78. The molecule has 2 aromatic rings. The normalized spacial score (nSPS) is 13.6. The minimum absolute atomic E-state index is 0.0841. The maximum absolute atomic E-state index is 12.2. The number of aryl methyl sites for hydroxylation is 2. The number of carbonyl (C=O) groups is 1. The van der Waals surface area contributed by atoms with Gasteiger partial charge in [0.15, 0.2) is 0 Å². The van der Waals surface area contributed by atoms with Crippen molar-refractivity contribution in [3.05, 3.63) is 53.0 Å². The Balaban J connectivity index is 1.95. The van der Waals surface area contributed by atoms with Crippen LogP contribution in [0.1, 0.15) is 43.4 Å². The summed E-state index contributed by atoms with van der Waals surface area (Å²) in [6.45, 7) is 9.34. The molecule has 0 saturated carbocycles. The number of aliphatic hydroxyl groups is 1. The summed E-state index contributed by atoms with van der Waals surface area (Å²) in [5.41, 5.74) is 0.378. The molecule has 1 heterocycles. The van der Waals surface area contributed by atoms with Crippen molar-refractivity contribution in [3.8, 4) is 5.75 Å². The van der Waals surface area contributed by atoms with Gasteiger partial charge in [-0.05, 0) is 58.4 Å². The summed E-state index contributed by atoms with van der Waals surface area (Å²) >= 11 is 0. The van der Waals surface area contributed by atoms with E-state index >= 15 is 0 Å². The van der Waals surface area contributed by atoms with E-state index in [9.17, 15) is 9.90 Å². The number of benzene rings is 1. The van der Waals surface area contributed by atoms with Crippen molar-refractivity contribution in [1.29, 1.82) is 0 Å². The second-order valence-corrected chi connectivity index (χ2v) is 6.87. The van der Waals surface area contributed by atoms with E-state index in [4.69, 9.17) is 9.15 Å². The average Bonchev–Trinajstić information content (AvgIpc) is 2.84. The van der Waals surface area contributed by atoms with Crippen molar-refractivity contribution in [1.82, 2.24) is 5.32 Å². The third-order valence-corrected chi connectivity index (χ3v) is 3.89. The molecule has 5 nitrogen and oxygen atoms in total. The van der Waals surface area contributed by atoms with Crippen molar-refractivity contribution in [2.75, 3.05) is 6.54 Å². The minimum atomic E-state index is -1.18. The molecule has 2 rings (SSSR count). The van der Waals surface area contributed by atoms with Crippen LogP contribution < -0.4 is 10.1 Å². The largest absolute Gasteiger partial charge is 0.491 e. The highest BCUT2D eigenvalue weighted by atomic mass is 16.5. The Kier molecular flexibility index (Phi) is 5.90. The van der Waals surface area contributed by atoms with Crippen molar-refractivity contribution in [2.45, 2.75) is 52.7 Å². The number of hydrogen-bond donors (Lipinski definition) is 2. The lowest BCUT2D eigenvalue weighted by atomic mass is 9.96. The highest BCUT2D eigenvalue weighted by Crippen LogP contribution is 2.26. The van der Waals surface area contributed by atoms with E-state index in [0.717, 1.165) is 17.1 Å². The van der Waals surface area contributed by atoms with Crippen LogP contribution >= 0.6 is 0 Å². The lowest BCUT2D eigenvalue weighted by Crippen LogP contribution is -2.39. The van der Waals surface area contributed by atoms with Crippen molar-refractivity contribution in [2.24, 2.45) is 0 Å². The van der Waals surface area contributed by atoms with Gasteiger partial charge in [-0.1, -0.05) is 12.1 Å². The van der Waals surface area contributed by atoms with E-state index in [1.807, 2.05) is 45.0 Å². The smallest absolute Gasteiger partial charge is 0.224 e. The zero-order chi connectivity index (χ0) is 18.6. The molecule has 0 fully saturated rings. The predicted octanol–water partition coefficient (Wildman–Crippen LogP) is 3.25. The van der Waals surface area contributed by atoms with Gasteiger partial charge in [0.05, 0.1) is 19.1 Å². The van der Waals surface area contributed by atoms with Gasteiger partial charge in [0.2, 0.25) is 5.91 Å². The molecular formula is C20H27NO4. The van der Waals surface area contributed by atoms with Crippen molar-refractivity contribution in [3.63, 3.8) is 0 Å². The molecule has 1 amide bonds. The second kappa shape index (κ2) is 7.74. The van der Waals surface area contributed by atoms with E-state index in [-0.39, 0.29) is 25.0 Å². The van der Waals surface area contributed by atoms with Gasteiger partial charge in [0, 0.05) is 5.56 Å². The molecule has 1 aromatic heterocycles. The number of ether oxygens (including phenoxy) is 1. The van der Waals surface area contributed by atoms with Crippen LogP contribution in [0.5, 0.6) is 5.75 Å². The first kappa shape index (κ1) is 19.1. The number of hydrogen-bond acceptors (Lipinski definition) is 4. The van der Waals surface area contributed by atoms with Crippen LogP contribution in [0.25, 0.3) is 0 Å². The summed E-state index contributed by atoms with van der Waals surface area (Å²) in [5.74, 6) is 1.99. The van der Waals surface area contributed by atoms with Gasteiger partial charge in [0.25, 0.3) is 0 Å². The summed E-state index contributed by atoms with van der Waals surface area (Å²) in [4.78, 5) is 12.2. The number of rotatable bonds is 7. The van der Waals surface area contributed by atoms with Gasteiger partial charge < -0.3 is 19.6 Å². The van der Waals surface area contributed by atoms with Gasteiger partial charge in [0.1, 0.15) is 22.9 Å². The number of nitrogens with one attached hydrogen (secondary N) is 1. The molecule has 0 bridgehead atoms. The first-order valence-corrected chi connectivity index (χ1v) is 8.49. The molecule has 2 N–H and O–H groups in total. The Hall–Kier alpha value is -2.27. The van der Waals surface area contributed by atoms with Gasteiger partial charge in [-0.3, -0.25) is 4.79 Å². The number of furan rings is 1. The summed E-state index contributed by atoms with van der Waals surface area (Å²) in [7, 11) is 0. The number of carbonyl (C=O) groups excluding carboxylic acids is 1. The summed E-state index contributed by atoms with van der Waals surface area (Å²) in [5, 5.41) is 13.4. The topological polar surface area (TPSA) is 71.7 Å². The van der Waals surface area contributed by atoms with Crippen LogP contribution in [0, 0.1) is 13.8 Å². The number of amides is 1. The van der Waals surface area contributed by atoms with E-state index in [1.165, 1.54) is 0 Å². The van der Waals surface area contributed by atoms with E-state index < -0.39 is 5.60 Å². The zero-order valence-electron chi connectivity index (χ0n) is 15.6. The molecule has 1 atom stereocenters. The molecule has 136 valence electrons. The fraction of sp³-hybridized carbons (Fsp3) is 0.450. The van der Waals surface area contributed by atoms with Gasteiger partial charge in [-0.25, -0.2) is 0 Å². The fourth-order valence-electron chi connectivity index (χ4n) is 2.78. The minimum Gasteiger partial charge on any atom is -0.491 e. The Morgan fingerprint density at radius 3 is 2.64 bits per heavy atom. The molecule has 0 radical (unpaired) electrons. The summed E-state index contributed by atoms with van der Waals surface area (Å²) in [6.07, 6.45) is 0.315. The molecule has 0 aliphatic carbocycles. The van der Waals surface area contributed by atoms with Gasteiger partial charge in [-0.15, -0.1) is 0 Å². The summed E-state index contributed by atoms with van der Waals surface area (Å²) < 4.78 is 11.1. The molecule has 5 heteroatoms. The molecule has 25 heavy (non-hydrogen) atoms.